The van der Waals surface area contributed by atoms with Gasteiger partial charge in [0.25, 0.3) is 0 Å². The second-order valence-corrected chi connectivity index (χ2v) is 7.62. The Hall–Kier alpha value is 0.0500. The van der Waals surface area contributed by atoms with Crippen LogP contribution in [0.3, 0.4) is 0 Å². The summed E-state index contributed by atoms with van der Waals surface area (Å²) < 4.78 is 27.0. The summed E-state index contributed by atoms with van der Waals surface area (Å²) in [6.45, 7) is 2.22. The molecule has 1 aromatic carbocycles. The number of hydrogen-bond acceptors (Lipinski definition) is 3. The highest BCUT2D eigenvalue weighted by Crippen LogP contribution is 2.32. The van der Waals surface area contributed by atoms with Crippen molar-refractivity contribution in [3.8, 4) is 0 Å². The van der Waals surface area contributed by atoms with E-state index < -0.39 is 16.1 Å². The molecular weight excluding hydrogens is 374 g/mol. The van der Waals surface area contributed by atoms with Gasteiger partial charge in [-0.2, -0.15) is 4.31 Å². The molecule has 0 bridgehead atoms. The summed E-state index contributed by atoms with van der Waals surface area (Å²) in [6.07, 6.45) is -0.544. The molecule has 1 fully saturated rings. The van der Waals surface area contributed by atoms with Crippen molar-refractivity contribution in [2.24, 2.45) is 0 Å². The maximum atomic E-state index is 12.2. The van der Waals surface area contributed by atoms with Gasteiger partial charge in [0.15, 0.2) is 0 Å². The molecule has 0 saturated carbocycles. The van der Waals surface area contributed by atoms with Gasteiger partial charge in [0, 0.05) is 22.0 Å². The normalized spacial score (nSPS) is 18.1. The van der Waals surface area contributed by atoms with Gasteiger partial charge in [0.1, 0.15) is 0 Å². The molecule has 0 spiro atoms. The number of benzene rings is 1. The summed E-state index contributed by atoms with van der Waals surface area (Å²) in [4.78, 5) is 0.224. The number of aliphatic hydroxyl groups excluding tert-OH is 1. The Morgan fingerprint density at radius 3 is 2.41 bits per heavy atom. The summed E-state index contributed by atoms with van der Waals surface area (Å²) in [6, 6.07) is 3.34. The van der Waals surface area contributed by atoms with Gasteiger partial charge in [-0.3, -0.25) is 0 Å². The number of aryl methyl sites for hydroxylation is 1. The zero-order valence-electron chi connectivity index (χ0n) is 9.02. The Morgan fingerprint density at radius 2 is 1.88 bits per heavy atom. The summed E-state index contributed by atoms with van der Waals surface area (Å²) >= 11 is 6.59. The van der Waals surface area contributed by atoms with E-state index in [1.54, 1.807) is 12.1 Å². The van der Waals surface area contributed by atoms with E-state index in [2.05, 4.69) is 31.9 Å². The van der Waals surface area contributed by atoms with Crippen molar-refractivity contribution in [3.63, 3.8) is 0 Å². The highest BCUT2D eigenvalue weighted by molar-refractivity contribution is 9.11. The largest absolute Gasteiger partial charge is 0.390 e. The van der Waals surface area contributed by atoms with E-state index in [-0.39, 0.29) is 18.0 Å². The molecule has 4 nitrogen and oxygen atoms in total. The lowest BCUT2D eigenvalue weighted by Gasteiger charge is -2.34. The Balaban J connectivity index is 2.43. The molecule has 7 heteroatoms. The van der Waals surface area contributed by atoms with Crippen molar-refractivity contribution in [3.05, 3.63) is 26.6 Å². The average Bonchev–Trinajstić information content (AvgIpc) is 2.18. The molecule has 1 aromatic rings. The molecular formula is C10H11Br2NO3S. The molecule has 94 valence electrons. The number of β-amino-alcohol motifs (C(OH)–C–C–N with tert-alkyl or cyclic N) is 1. The molecule has 0 atom stereocenters. The van der Waals surface area contributed by atoms with Crippen LogP contribution in [0, 0.1) is 6.92 Å². The minimum absolute atomic E-state index is 0.167. The molecule has 1 N–H and O–H groups in total. The number of nitrogens with zero attached hydrogens (tertiary/aromatic N) is 1. The van der Waals surface area contributed by atoms with Gasteiger partial charge < -0.3 is 5.11 Å². The van der Waals surface area contributed by atoms with E-state index in [9.17, 15) is 8.42 Å². The van der Waals surface area contributed by atoms with Gasteiger partial charge in [0.05, 0.1) is 11.0 Å². The molecule has 17 heavy (non-hydrogen) atoms. The van der Waals surface area contributed by atoms with E-state index in [1.807, 2.05) is 6.92 Å². The van der Waals surface area contributed by atoms with Crippen LogP contribution in [0.5, 0.6) is 0 Å². The highest BCUT2D eigenvalue weighted by Gasteiger charge is 2.36. The third-order valence-corrected chi connectivity index (χ3v) is 6.30. The Labute approximate surface area is 117 Å². The molecule has 0 radical (unpaired) electrons. The predicted octanol–water partition coefficient (Wildman–Crippen LogP) is 1.89. The third kappa shape index (κ3) is 2.44. The molecule has 1 aliphatic heterocycles. The number of aliphatic hydroxyl groups is 1. The Morgan fingerprint density at radius 1 is 1.29 bits per heavy atom. The van der Waals surface area contributed by atoms with Crippen LogP contribution in [0.25, 0.3) is 0 Å². The zero-order valence-corrected chi connectivity index (χ0v) is 13.0. The fourth-order valence-corrected chi connectivity index (χ4v) is 4.73. The van der Waals surface area contributed by atoms with E-state index in [0.29, 0.717) is 4.47 Å². The van der Waals surface area contributed by atoms with Crippen LogP contribution in [0.4, 0.5) is 0 Å². The molecule has 0 aliphatic carbocycles. The first-order valence-corrected chi connectivity index (χ1v) is 7.99. The molecule has 2 rings (SSSR count). The van der Waals surface area contributed by atoms with Gasteiger partial charge in [-0.05, 0) is 40.5 Å². The van der Waals surface area contributed by atoms with Gasteiger partial charge in [-0.25, -0.2) is 8.42 Å². The number of sulfonamides is 1. The van der Waals surface area contributed by atoms with Crippen molar-refractivity contribution in [2.45, 2.75) is 17.9 Å². The molecule has 0 amide bonds. The molecule has 0 unspecified atom stereocenters. The minimum Gasteiger partial charge on any atom is -0.390 e. The molecule has 1 saturated heterocycles. The lowest BCUT2D eigenvalue weighted by atomic mass is 10.2. The van der Waals surface area contributed by atoms with E-state index >= 15 is 0 Å². The topological polar surface area (TPSA) is 57.6 Å². The lowest BCUT2D eigenvalue weighted by Crippen LogP contribution is -2.53. The van der Waals surface area contributed by atoms with Gasteiger partial charge in [-0.1, -0.05) is 15.9 Å². The Kier molecular flexibility index (Phi) is 3.66. The molecule has 0 aromatic heterocycles. The van der Waals surface area contributed by atoms with Crippen LogP contribution in [-0.4, -0.2) is 37.0 Å². The van der Waals surface area contributed by atoms with Crippen LogP contribution in [0.15, 0.2) is 26.0 Å². The monoisotopic (exact) mass is 383 g/mol. The first-order valence-electron chi connectivity index (χ1n) is 4.96. The van der Waals surface area contributed by atoms with Crippen LogP contribution < -0.4 is 0 Å². The second-order valence-electron chi connectivity index (χ2n) is 4.01. The predicted molar refractivity (Wildman–Crippen MR) is 71.3 cm³/mol. The summed E-state index contributed by atoms with van der Waals surface area (Å²) in [7, 11) is -3.51. The van der Waals surface area contributed by atoms with E-state index in [4.69, 9.17) is 5.11 Å². The first-order chi connectivity index (χ1) is 7.82. The number of hydrogen-bond donors (Lipinski definition) is 1. The first kappa shape index (κ1) is 13.5. The summed E-state index contributed by atoms with van der Waals surface area (Å²) in [5.74, 6) is 0. The Bertz CT molecular complexity index is 553. The molecule has 1 heterocycles. The van der Waals surface area contributed by atoms with Crippen molar-refractivity contribution < 1.29 is 13.5 Å². The quantitative estimate of drug-likeness (QED) is 0.846. The average molecular weight is 385 g/mol. The maximum absolute atomic E-state index is 12.2. The highest BCUT2D eigenvalue weighted by atomic mass is 79.9. The summed E-state index contributed by atoms with van der Waals surface area (Å²) in [5.41, 5.74) is 0.958. The van der Waals surface area contributed by atoms with Gasteiger partial charge in [0.2, 0.25) is 10.0 Å². The van der Waals surface area contributed by atoms with Crippen molar-refractivity contribution in [1.29, 1.82) is 0 Å². The lowest BCUT2D eigenvalue weighted by molar-refractivity contribution is 0.0547. The van der Waals surface area contributed by atoms with Gasteiger partial charge >= 0.3 is 0 Å². The second kappa shape index (κ2) is 4.62. The van der Waals surface area contributed by atoms with Gasteiger partial charge in [-0.15, -0.1) is 0 Å². The van der Waals surface area contributed by atoms with Crippen molar-refractivity contribution in [2.75, 3.05) is 13.1 Å². The smallest absolute Gasteiger partial charge is 0.244 e. The number of halogens is 2. The number of rotatable bonds is 2. The SMILES string of the molecule is Cc1cc(Br)c(S(=O)(=O)N2CC(O)C2)cc1Br. The van der Waals surface area contributed by atoms with Crippen LogP contribution in [-0.2, 0) is 10.0 Å². The van der Waals surface area contributed by atoms with E-state index in [0.717, 1.165) is 10.0 Å². The van der Waals surface area contributed by atoms with Crippen molar-refractivity contribution in [1.82, 2.24) is 4.31 Å². The summed E-state index contributed by atoms with van der Waals surface area (Å²) in [5, 5.41) is 9.17. The molecule has 1 aliphatic rings. The third-order valence-electron chi connectivity index (χ3n) is 2.66. The van der Waals surface area contributed by atoms with Crippen LogP contribution >= 0.6 is 31.9 Å². The standard InChI is InChI=1S/C10H11Br2NO3S/c1-6-2-9(12)10(3-8(6)11)17(15,16)13-4-7(14)5-13/h2-3,7,14H,4-5H2,1H3. The van der Waals surface area contributed by atoms with Crippen molar-refractivity contribution >= 4 is 41.9 Å². The van der Waals surface area contributed by atoms with Crippen LogP contribution in [0.1, 0.15) is 5.56 Å². The van der Waals surface area contributed by atoms with E-state index in [1.165, 1.54) is 4.31 Å². The zero-order chi connectivity index (χ0) is 12.8. The van der Waals surface area contributed by atoms with Crippen LogP contribution in [0.2, 0.25) is 0 Å². The minimum atomic E-state index is -3.51. The fourth-order valence-electron chi connectivity index (χ4n) is 1.58. The fraction of sp³-hybridized carbons (Fsp3) is 0.400. The maximum Gasteiger partial charge on any atom is 0.244 e.